The zero-order valence-corrected chi connectivity index (χ0v) is 11.7. The quantitative estimate of drug-likeness (QED) is 0.815. The zero-order chi connectivity index (χ0) is 13.5. The smallest absolute Gasteiger partial charge is 0.150 e. The molecule has 1 heterocycles. The summed E-state index contributed by atoms with van der Waals surface area (Å²) in [7, 11) is 0. The van der Waals surface area contributed by atoms with Crippen LogP contribution in [-0.2, 0) is 6.54 Å². The number of nitrogens with one attached hydrogen (secondary N) is 1. The van der Waals surface area contributed by atoms with Crippen LogP contribution in [0, 0.1) is 6.92 Å². The van der Waals surface area contributed by atoms with E-state index in [1.165, 1.54) is 18.4 Å². The molecule has 1 N–H and O–H groups in total. The zero-order valence-electron chi connectivity index (χ0n) is 11.7. The topological polar surface area (TPSA) is 38.1 Å². The molecular formula is C16H22N2O. The highest BCUT2D eigenvalue weighted by molar-refractivity contribution is 5.19. The van der Waals surface area contributed by atoms with Gasteiger partial charge in [0.25, 0.3) is 0 Å². The van der Waals surface area contributed by atoms with Gasteiger partial charge in [0.15, 0.2) is 5.76 Å². The van der Waals surface area contributed by atoms with Crippen molar-refractivity contribution in [1.82, 2.24) is 10.5 Å². The van der Waals surface area contributed by atoms with Crippen LogP contribution in [0.15, 0.2) is 40.9 Å². The predicted molar refractivity (Wildman–Crippen MR) is 76.8 cm³/mol. The lowest BCUT2D eigenvalue weighted by molar-refractivity contribution is 0.356. The van der Waals surface area contributed by atoms with E-state index in [0.717, 1.165) is 24.4 Å². The summed E-state index contributed by atoms with van der Waals surface area (Å²) < 4.78 is 5.24. The summed E-state index contributed by atoms with van der Waals surface area (Å²) >= 11 is 0. The molecule has 0 amide bonds. The molecule has 0 radical (unpaired) electrons. The van der Waals surface area contributed by atoms with E-state index in [2.05, 4.69) is 47.7 Å². The highest BCUT2D eigenvalue weighted by Crippen LogP contribution is 2.19. The van der Waals surface area contributed by atoms with Crippen LogP contribution < -0.4 is 5.32 Å². The monoisotopic (exact) mass is 258 g/mol. The van der Waals surface area contributed by atoms with Gasteiger partial charge in [-0.05, 0) is 18.9 Å². The van der Waals surface area contributed by atoms with Crippen molar-refractivity contribution in [3.8, 4) is 0 Å². The number of benzene rings is 1. The maximum absolute atomic E-state index is 5.24. The second kappa shape index (κ2) is 7.10. The van der Waals surface area contributed by atoms with Gasteiger partial charge in [-0.15, -0.1) is 0 Å². The lowest BCUT2D eigenvalue weighted by Crippen LogP contribution is -2.20. The largest absolute Gasteiger partial charge is 0.360 e. The number of unbranched alkanes of at least 4 members (excludes halogenated alkanes) is 1. The Bertz CT molecular complexity index is 479. The SMILES string of the molecule is CCCCC(NCc1cc(C)no1)c1ccccc1. The Hall–Kier alpha value is -1.61. The van der Waals surface area contributed by atoms with Gasteiger partial charge in [-0.2, -0.15) is 0 Å². The van der Waals surface area contributed by atoms with Crippen molar-refractivity contribution in [2.75, 3.05) is 0 Å². The first-order valence-corrected chi connectivity index (χ1v) is 7.00. The van der Waals surface area contributed by atoms with Crippen molar-refractivity contribution in [2.45, 2.75) is 45.7 Å². The normalized spacial score (nSPS) is 12.5. The van der Waals surface area contributed by atoms with Crippen LogP contribution >= 0.6 is 0 Å². The van der Waals surface area contributed by atoms with Gasteiger partial charge >= 0.3 is 0 Å². The van der Waals surface area contributed by atoms with E-state index in [4.69, 9.17) is 4.52 Å². The maximum Gasteiger partial charge on any atom is 0.150 e. The Balaban J connectivity index is 1.97. The van der Waals surface area contributed by atoms with E-state index >= 15 is 0 Å². The van der Waals surface area contributed by atoms with Crippen LogP contribution in [-0.4, -0.2) is 5.16 Å². The van der Waals surface area contributed by atoms with Crippen LogP contribution in [0.4, 0.5) is 0 Å². The first-order valence-electron chi connectivity index (χ1n) is 7.00. The molecule has 1 unspecified atom stereocenters. The minimum Gasteiger partial charge on any atom is -0.360 e. The Morgan fingerprint density at radius 2 is 2.05 bits per heavy atom. The van der Waals surface area contributed by atoms with Crippen LogP contribution in [0.1, 0.15) is 49.2 Å². The fourth-order valence-corrected chi connectivity index (χ4v) is 2.20. The van der Waals surface area contributed by atoms with Crippen molar-refractivity contribution in [3.05, 3.63) is 53.4 Å². The van der Waals surface area contributed by atoms with Crippen molar-refractivity contribution in [1.29, 1.82) is 0 Å². The van der Waals surface area contributed by atoms with E-state index in [1.54, 1.807) is 0 Å². The van der Waals surface area contributed by atoms with Gasteiger partial charge in [0.1, 0.15) is 0 Å². The molecule has 3 nitrogen and oxygen atoms in total. The number of nitrogens with zero attached hydrogens (tertiary/aromatic N) is 1. The fourth-order valence-electron chi connectivity index (χ4n) is 2.20. The number of aromatic nitrogens is 1. The molecule has 0 aliphatic carbocycles. The standard InChI is InChI=1S/C16H22N2O/c1-3-4-10-16(14-8-6-5-7-9-14)17-12-15-11-13(2)18-19-15/h5-9,11,16-17H,3-4,10,12H2,1-2H3. The van der Waals surface area contributed by atoms with E-state index in [9.17, 15) is 0 Å². The molecule has 3 heteroatoms. The first kappa shape index (κ1) is 13.8. The van der Waals surface area contributed by atoms with Crippen LogP contribution in [0.5, 0.6) is 0 Å². The number of rotatable bonds is 7. The summed E-state index contributed by atoms with van der Waals surface area (Å²) in [6, 6.07) is 13.0. The second-order valence-electron chi connectivity index (χ2n) is 4.92. The average Bonchev–Trinajstić information content (AvgIpc) is 2.86. The number of aryl methyl sites for hydroxylation is 1. The molecule has 2 aromatic rings. The summed E-state index contributed by atoms with van der Waals surface area (Å²) in [6.45, 7) is 4.89. The van der Waals surface area contributed by atoms with Gasteiger partial charge < -0.3 is 9.84 Å². The minimum atomic E-state index is 0.381. The van der Waals surface area contributed by atoms with Crippen molar-refractivity contribution in [3.63, 3.8) is 0 Å². The average molecular weight is 258 g/mol. The molecule has 0 aliphatic rings. The van der Waals surface area contributed by atoms with Crippen LogP contribution in [0.2, 0.25) is 0 Å². The van der Waals surface area contributed by atoms with Gasteiger partial charge in [-0.1, -0.05) is 55.3 Å². The number of hydrogen-bond acceptors (Lipinski definition) is 3. The summed E-state index contributed by atoms with van der Waals surface area (Å²) in [5.74, 6) is 0.898. The molecular weight excluding hydrogens is 236 g/mol. The number of hydrogen-bond donors (Lipinski definition) is 1. The second-order valence-corrected chi connectivity index (χ2v) is 4.92. The minimum absolute atomic E-state index is 0.381. The van der Waals surface area contributed by atoms with Gasteiger partial charge in [0.2, 0.25) is 0 Å². The summed E-state index contributed by atoms with van der Waals surface area (Å²) in [5.41, 5.74) is 2.27. The molecule has 0 saturated heterocycles. The molecule has 0 bridgehead atoms. The fraction of sp³-hybridized carbons (Fsp3) is 0.438. The Kier molecular flexibility index (Phi) is 5.16. The summed E-state index contributed by atoms with van der Waals surface area (Å²) in [6.07, 6.45) is 3.59. The lowest BCUT2D eigenvalue weighted by atomic mass is 10.0. The van der Waals surface area contributed by atoms with Crippen molar-refractivity contribution in [2.24, 2.45) is 0 Å². The Morgan fingerprint density at radius 3 is 2.68 bits per heavy atom. The molecule has 1 aromatic carbocycles. The third kappa shape index (κ3) is 4.21. The first-order chi connectivity index (χ1) is 9.29. The predicted octanol–water partition coefficient (Wildman–Crippen LogP) is 4.00. The Morgan fingerprint density at radius 1 is 1.26 bits per heavy atom. The van der Waals surface area contributed by atoms with Crippen molar-refractivity contribution >= 4 is 0 Å². The highest BCUT2D eigenvalue weighted by Gasteiger charge is 2.11. The lowest BCUT2D eigenvalue weighted by Gasteiger charge is -2.18. The van der Waals surface area contributed by atoms with E-state index in [0.29, 0.717) is 6.04 Å². The van der Waals surface area contributed by atoms with E-state index in [-0.39, 0.29) is 0 Å². The molecule has 0 fully saturated rings. The van der Waals surface area contributed by atoms with Crippen LogP contribution in [0.3, 0.4) is 0 Å². The molecule has 0 saturated carbocycles. The third-order valence-electron chi connectivity index (χ3n) is 3.25. The van der Waals surface area contributed by atoms with E-state index < -0.39 is 0 Å². The molecule has 1 atom stereocenters. The molecule has 0 spiro atoms. The molecule has 2 rings (SSSR count). The van der Waals surface area contributed by atoms with Gasteiger partial charge in [-0.3, -0.25) is 0 Å². The van der Waals surface area contributed by atoms with Crippen LogP contribution in [0.25, 0.3) is 0 Å². The third-order valence-corrected chi connectivity index (χ3v) is 3.25. The van der Waals surface area contributed by atoms with Gasteiger partial charge in [0.05, 0.1) is 12.2 Å². The van der Waals surface area contributed by atoms with Crippen molar-refractivity contribution < 1.29 is 4.52 Å². The highest BCUT2D eigenvalue weighted by atomic mass is 16.5. The van der Waals surface area contributed by atoms with E-state index in [1.807, 2.05) is 13.0 Å². The molecule has 19 heavy (non-hydrogen) atoms. The summed E-state index contributed by atoms with van der Waals surface area (Å²) in [4.78, 5) is 0. The van der Waals surface area contributed by atoms with Gasteiger partial charge in [-0.25, -0.2) is 0 Å². The molecule has 1 aromatic heterocycles. The Labute approximate surface area is 115 Å². The molecule has 0 aliphatic heterocycles. The summed E-state index contributed by atoms with van der Waals surface area (Å²) in [5, 5.41) is 7.48. The maximum atomic E-state index is 5.24. The molecule has 102 valence electrons. The van der Waals surface area contributed by atoms with Gasteiger partial charge in [0, 0.05) is 12.1 Å².